The molecule has 0 saturated heterocycles. The molecule has 0 amide bonds. The third-order valence-corrected chi connectivity index (χ3v) is 3.09. The molecule has 5 heteroatoms. The van der Waals surface area contributed by atoms with E-state index in [2.05, 4.69) is 0 Å². The predicted molar refractivity (Wildman–Crippen MR) is 72.3 cm³/mol. The Morgan fingerprint density at radius 3 is 2.74 bits per heavy atom. The summed E-state index contributed by atoms with van der Waals surface area (Å²) in [5.74, 6) is -0.365. The van der Waals surface area contributed by atoms with Crippen molar-refractivity contribution < 1.29 is 14.3 Å². The molecular formula is C14H14ClNO3. The van der Waals surface area contributed by atoms with Crippen molar-refractivity contribution in [3.63, 3.8) is 0 Å². The Labute approximate surface area is 116 Å². The number of nitrogens with zero attached hydrogens (tertiary/aromatic N) is 1. The van der Waals surface area contributed by atoms with Crippen LogP contribution in [0.5, 0.6) is 0 Å². The normalized spacial score (nSPS) is 10.9. The standard InChI is InChI=1S/C14H14ClNO3/c1-16(7-10-4-2-3-5-13(10)15)8-12-6-11(9-19-12)14(17)18/h2-6,9H,7-8H2,1H3,(H,17,18). The first kappa shape index (κ1) is 13.6. The average molecular weight is 280 g/mol. The summed E-state index contributed by atoms with van der Waals surface area (Å²) >= 11 is 6.09. The van der Waals surface area contributed by atoms with Crippen molar-refractivity contribution in [2.24, 2.45) is 0 Å². The Balaban J connectivity index is 1.99. The molecule has 0 radical (unpaired) electrons. The molecular weight excluding hydrogens is 266 g/mol. The van der Waals surface area contributed by atoms with Crippen LogP contribution in [0, 0.1) is 0 Å². The number of hydrogen-bond acceptors (Lipinski definition) is 3. The Kier molecular flexibility index (Phi) is 4.24. The first-order chi connectivity index (χ1) is 9.06. The van der Waals surface area contributed by atoms with Crippen molar-refractivity contribution in [3.05, 3.63) is 58.5 Å². The van der Waals surface area contributed by atoms with Gasteiger partial charge < -0.3 is 9.52 Å². The van der Waals surface area contributed by atoms with Crippen LogP contribution in [0.1, 0.15) is 21.7 Å². The zero-order chi connectivity index (χ0) is 13.8. The van der Waals surface area contributed by atoms with Crippen LogP contribution in [0.2, 0.25) is 5.02 Å². The molecule has 4 nitrogen and oxygen atoms in total. The van der Waals surface area contributed by atoms with Gasteiger partial charge >= 0.3 is 5.97 Å². The minimum Gasteiger partial charge on any atom is -0.478 e. The number of benzene rings is 1. The largest absolute Gasteiger partial charge is 0.478 e. The number of carboxylic acid groups (broad SMARTS) is 1. The zero-order valence-electron chi connectivity index (χ0n) is 10.5. The predicted octanol–water partition coefficient (Wildman–Crippen LogP) is 3.26. The van der Waals surface area contributed by atoms with Crippen molar-refractivity contribution in [2.75, 3.05) is 7.05 Å². The Morgan fingerprint density at radius 1 is 1.37 bits per heavy atom. The van der Waals surface area contributed by atoms with E-state index in [-0.39, 0.29) is 5.56 Å². The maximum Gasteiger partial charge on any atom is 0.338 e. The molecule has 1 N–H and O–H groups in total. The molecule has 1 aromatic heterocycles. The fourth-order valence-electron chi connectivity index (χ4n) is 1.82. The molecule has 2 rings (SSSR count). The molecule has 0 atom stereocenters. The number of furan rings is 1. The lowest BCUT2D eigenvalue weighted by molar-refractivity contribution is 0.0696. The van der Waals surface area contributed by atoms with E-state index >= 15 is 0 Å². The van der Waals surface area contributed by atoms with Gasteiger partial charge in [-0.2, -0.15) is 0 Å². The van der Waals surface area contributed by atoms with E-state index in [1.165, 1.54) is 12.3 Å². The molecule has 1 heterocycles. The van der Waals surface area contributed by atoms with Crippen LogP contribution >= 0.6 is 11.6 Å². The summed E-state index contributed by atoms with van der Waals surface area (Å²) in [6.07, 6.45) is 1.25. The van der Waals surface area contributed by atoms with Gasteiger partial charge in [0.25, 0.3) is 0 Å². The van der Waals surface area contributed by atoms with Gasteiger partial charge in [0, 0.05) is 11.6 Å². The molecule has 0 bridgehead atoms. The van der Waals surface area contributed by atoms with Crippen LogP contribution in [0.25, 0.3) is 0 Å². The topological polar surface area (TPSA) is 53.7 Å². The highest BCUT2D eigenvalue weighted by atomic mass is 35.5. The van der Waals surface area contributed by atoms with Gasteiger partial charge in [0.05, 0.1) is 12.1 Å². The van der Waals surface area contributed by atoms with Gasteiger partial charge in [-0.15, -0.1) is 0 Å². The van der Waals surface area contributed by atoms with Gasteiger partial charge in [0.15, 0.2) is 0 Å². The van der Waals surface area contributed by atoms with Crippen molar-refractivity contribution >= 4 is 17.6 Å². The second kappa shape index (κ2) is 5.91. The third-order valence-electron chi connectivity index (χ3n) is 2.72. The highest BCUT2D eigenvalue weighted by Crippen LogP contribution is 2.18. The molecule has 0 aliphatic carbocycles. The molecule has 0 unspecified atom stereocenters. The minimum absolute atomic E-state index is 0.168. The molecule has 1 aromatic carbocycles. The number of aromatic carboxylic acids is 1. The minimum atomic E-state index is -0.983. The van der Waals surface area contributed by atoms with Gasteiger partial charge in [0.2, 0.25) is 0 Å². The lowest BCUT2D eigenvalue weighted by Gasteiger charge is -2.15. The third kappa shape index (κ3) is 3.59. The van der Waals surface area contributed by atoms with E-state index in [1.807, 2.05) is 36.2 Å². The number of carbonyl (C=O) groups is 1. The molecule has 0 fully saturated rings. The van der Waals surface area contributed by atoms with Crippen LogP contribution in [0.3, 0.4) is 0 Å². The Hall–Kier alpha value is -1.78. The van der Waals surface area contributed by atoms with Gasteiger partial charge in [-0.25, -0.2) is 4.79 Å². The summed E-state index contributed by atoms with van der Waals surface area (Å²) < 4.78 is 5.21. The van der Waals surface area contributed by atoms with E-state index in [0.717, 1.165) is 10.6 Å². The fourth-order valence-corrected chi connectivity index (χ4v) is 2.01. The smallest absolute Gasteiger partial charge is 0.338 e. The van der Waals surface area contributed by atoms with Crippen molar-refractivity contribution in [1.82, 2.24) is 4.90 Å². The molecule has 2 aromatic rings. The van der Waals surface area contributed by atoms with Gasteiger partial charge in [-0.1, -0.05) is 29.8 Å². The van der Waals surface area contributed by atoms with Gasteiger partial charge in [-0.3, -0.25) is 4.90 Å². The summed E-state index contributed by atoms with van der Waals surface area (Å²) in [7, 11) is 1.92. The van der Waals surface area contributed by atoms with E-state index in [9.17, 15) is 4.79 Å². The highest BCUT2D eigenvalue weighted by molar-refractivity contribution is 6.31. The first-order valence-corrected chi connectivity index (χ1v) is 6.16. The molecule has 0 aliphatic rings. The maximum atomic E-state index is 10.7. The van der Waals surface area contributed by atoms with Crippen LogP contribution in [0.4, 0.5) is 0 Å². The summed E-state index contributed by atoms with van der Waals surface area (Å²) in [4.78, 5) is 12.8. The number of hydrogen-bond donors (Lipinski definition) is 1. The fraction of sp³-hybridized carbons (Fsp3) is 0.214. The van der Waals surface area contributed by atoms with Crippen LogP contribution in [0.15, 0.2) is 41.0 Å². The van der Waals surface area contributed by atoms with Crippen LogP contribution in [-0.2, 0) is 13.1 Å². The van der Waals surface area contributed by atoms with Crippen molar-refractivity contribution in [3.8, 4) is 0 Å². The summed E-state index contributed by atoms with van der Waals surface area (Å²) in [5.41, 5.74) is 1.19. The molecule has 0 saturated carbocycles. The molecule has 100 valence electrons. The number of halogens is 1. The summed E-state index contributed by atoms with van der Waals surface area (Å²) in [6.45, 7) is 1.20. The highest BCUT2D eigenvalue weighted by Gasteiger charge is 2.11. The van der Waals surface area contributed by atoms with Crippen LogP contribution < -0.4 is 0 Å². The lowest BCUT2D eigenvalue weighted by Crippen LogP contribution is -2.17. The summed E-state index contributed by atoms with van der Waals surface area (Å²) in [6, 6.07) is 9.16. The first-order valence-electron chi connectivity index (χ1n) is 5.79. The monoisotopic (exact) mass is 279 g/mol. The zero-order valence-corrected chi connectivity index (χ0v) is 11.2. The Morgan fingerprint density at radius 2 is 2.11 bits per heavy atom. The van der Waals surface area contributed by atoms with E-state index < -0.39 is 5.97 Å². The van der Waals surface area contributed by atoms with Gasteiger partial charge in [-0.05, 0) is 24.7 Å². The number of carboxylic acids is 1. The number of rotatable bonds is 5. The van der Waals surface area contributed by atoms with Gasteiger partial charge in [0.1, 0.15) is 12.0 Å². The Bertz CT molecular complexity index is 580. The lowest BCUT2D eigenvalue weighted by atomic mass is 10.2. The second-order valence-electron chi connectivity index (χ2n) is 4.37. The van der Waals surface area contributed by atoms with Crippen LogP contribution in [-0.4, -0.2) is 23.0 Å². The van der Waals surface area contributed by atoms with E-state index in [1.54, 1.807) is 0 Å². The molecule has 19 heavy (non-hydrogen) atoms. The van der Waals surface area contributed by atoms with E-state index in [0.29, 0.717) is 18.8 Å². The van der Waals surface area contributed by atoms with Crippen molar-refractivity contribution in [1.29, 1.82) is 0 Å². The quantitative estimate of drug-likeness (QED) is 0.913. The second-order valence-corrected chi connectivity index (χ2v) is 4.78. The van der Waals surface area contributed by atoms with Crippen molar-refractivity contribution in [2.45, 2.75) is 13.1 Å². The maximum absolute atomic E-state index is 10.7. The SMILES string of the molecule is CN(Cc1cc(C(=O)O)co1)Cc1ccccc1Cl. The van der Waals surface area contributed by atoms with E-state index in [4.69, 9.17) is 21.1 Å². The molecule has 0 aliphatic heterocycles. The summed E-state index contributed by atoms with van der Waals surface area (Å²) in [5, 5.41) is 9.54. The average Bonchev–Trinajstić information content (AvgIpc) is 2.80. The molecule has 0 spiro atoms.